The molecule has 0 saturated carbocycles. The van der Waals surface area contributed by atoms with Gasteiger partial charge < -0.3 is 0 Å². The van der Waals surface area contributed by atoms with Gasteiger partial charge >= 0.3 is 6.18 Å². The second-order valence-electron chi connectivity index (χ2n) is 3.86. The number of alkyl halides is 4. The number of aromatic nitrogens is 1. The first kappa shape index (κ1) is 14.0. The Hall–Kier alpha value is -1.43. The summed E-state index contributed by atoms with van der Waals surface area (Å²) in [5.74, 6) is -0.504. The number of rotatable bonds is 2. The van der Waals surface area contributed by atoms with Crippen LogP contribution in [0, 0.1) is 5.82 Å². The first-order valence-corrected chi connectivity index (χ1v) is 6.42. The Morgan fingerprint density at radius 2 is 1.84 bits per heavy atom. The van der Waals surface area contributed by atoms with E-state index in [1.165, 1.54) is 30.5 Å². The van der Waals surface area contributed by atoms with Gasteiger partial charge in [-0.2, -0.15) is 13.2 Å². The van der Waals surface area contributed by atoms with Gasteiger partial charge in [0, 0.05) is 17.1 Å². The van der Waals surface area contributed by atoms with Crippen molar-refractivity contribution in [1.29, 1.82) is 0 Å². The van der Waals surface area contributed by atoms with Crippen LogP contribution in [0.25, 0.3) is 11.1 Å². The van der Waals surface area contributed by atoms with E-state index in [1.807, 2.05) is 0 Å². The Balaban J connectivity index is 2.55. The Morgan fingerprint density at radius 3 is 2.42 bits per heavy atom. The third-order valence-electron chi connectivity index (χ3n) is 2.56. The molecule has 0 aliphatic carbocycles. The molecule has 0 spiro atoms. The standard InChI is InChI=1S/C13H8BrF4N/c14-6-12-11(13(16,17)18)5-9(7-19-12)8-2-1-3-10(15)4-8/h1-5,7H,6H2. The number of benzene rings is 1. The highest BCUT2D eigenvalue weighted by molar-refractivity contribution is 9.08. The van der Waals surface area contributed by atoms with Gasteiger partial charge in [-0.25, -0.2) is 4.39 Å². The molecular weight excluding hydrogens is 326 g/mol. The number of nitrogens with zero attached hydrogens (tertiary/aromatic N) is 1. The predicted molar refractivity (Wildman–Crippen MR) is 67.3 cm³/mol. The van der Waals surface area contributed by atoms with E-state index < -0.39 is 17.6 Å². The molecule has 0 aliphatic rings. The van der Waals surface area contributed by atoms with E-state index in [1.54, 1.807) is 0 Å². The van der Waals surface area contributed by atoms with Crippen LogP contribution >= 0.6 is 15.9 Å². The molecule has 0 saturated heterocycles. The Morgan fingerprint density at radius 1 is 1.11 bits per heavy atom. The monoisotopic (exact) mass is 333 g/mol. The van der Waals surface area contributed by atoms with Crippen molar-refractivity contribution in [2.75, 3.05) is 0 Å². The van der Waals surface area contributed by atoms with Crippen molar-refractivity contribution in [3.63, 3.8) is 0 Å². The van der Waals surface area contributed by atoms with Crippen LogP contribution in [0.2, 0.25) is 0 Å². The first-order valence-electron chi connectivity index (χ1n) is 5.30. The fraction of sp³-hybridized carbons (Fsp3) is 0.154. The molecule has 0 bridgehead atoms. The topological polar surface area (TPSA) is 12.9 Å². The van der Waals surface area contributed by atoms with Gasteiger partial charge in [0.25, 0.3) is 0 Å². The number of hydrogen-bond acceptors (Lipinski definition) is 1. The molecule has 1 aromatic carbocycles. The van der Waals surface area contributed by atoms with Crippen molar-refractivity contribution in [2.24, 2.45) is 0 Å². The lowest BCUT2D eigenvalue weighted by molar-refractivity contribution is -0.138. The van der Waals surface area contributed by atoms with E-state index in [4.69, 9.17) is 0 Å². The van der Waals surface area contributed by atoms with E-state index >= 15 is 0 Å². The van der Waals surface area contributed by atoms with Crippen molar-refractivity contribution >= 4 is 15.9 Å². The molecule has 100 valence electrons. The van der Waals surface area contributed by atoms with Gasteiger partial charge in [-0.3, -0.25) is 4.98 Å². The molecule has 19 heavy (non-hydrogen) atoms. The summed E-state index contributed by atoms with van der Waals surface area (Å²) in [4.78, 5) is 3.78. The maximum atomic E-state index is 13.1. The molecule has 0 amide bonds. The molecule has 1 aromatic heterocycles. The minimum absolute atomic E-state index is 0.00523. The van der Waals surface area contributed by atoms with Gasteiger partial charge in [0.05, 0.1) is 11.3 Å². The smallest absolute Gasteiger partial charge is 0.259 e. The zero-order chi connectivity index (χ0) is 14.0. The van der Waals surface area contributed by atoms with Crippen LogP contribution in [0.4, 0.5) is 17.6 Å². The van der Waals surface area contributed by atoms with E-state index in [0.29, 0.717) is 5.56 Å². The highest BCUT2D eigenvalue weighted by Gasteiger charge is 2.34. The van der Waals surface area contributed by atoms with E-state index in [9.17, 15) is 17.6 Å². The Bertz CT molecular complexity index is 595. The lowest BCUT2D eigenvalue weighted by Crippen LogP contribution is -2.10. The summed E-state index contributed by atoms with van der Waals surface area (Å²) in [6.07, 6.45) is -3.18. The van der Waals surface area contributed by atoms with Crippen LogP contribution in [0.1, 0.15) is 11.3 Å². The van der Waals surface area contributed by atoms with Crippen molar-refractivity contribution in [1.82, 2.24) is 4.98 Å². The minimum atomic E-state index is -4.49. The highest BCUT2D eigenvalue weighted by Crippen LogP contribution is 2.34. The van der Waals surface area contributed by atoms with Gasteiger partial charge in [0.1, 0.15) is 5.82 Å². The molecule has 0 unspecified atom stereocenters. The fourth-order valence-corrected chi connectivity index (χ4v) is 2.12. The number of hydrogen-bond donors (Lipinski definition) is 0. The maximum Gasteiger partial charge on any atom is 0.418 e. The van der Waals surface area contributed by atoms with Gasteiger partial charge in [0.15, 0.2) is 0 Å². The Kier molecular flexibility index (Phi) is 3.89. The average molecular weight is 334 g/mol. The highest BCUT2D eigenvalue weighted by atomic mass is 79.9. The lowest BCUT2D eigenvalue weighted by Gasteiger charge is -2.12. The molecule has 0 fully saturated rings. The SMILES string of the molecule is Fc1cccc(-c2cnc(CBr)c(C(F)(F)F)c2)c1. The van der Waals surface area contributed by atoms with Crippen molar-refractivity contribution in [2.45, 2.75) is 11.5 Å². The van der Waals surface area contributed by atoms with Crippen LogP contribution in [0.15, 0.2) is 36.5 Å². The molecule has 6 heteroatoms. The van der Waals surface area contributed by atoms with Gasteiger partial charge in [0.2, 0.25) is 0 Å². The molecule has 0 radical (unpaired) electrons. The van der Waals surface area contributed by atoms with Crippen LogP contribution in [-0.4, -0.2) is 4.98 Å². The molecule has 0 N–H and O–H groups in total. The summed E-state index contributed by atoms with van der Waals surface area (Å²) in [5.41, 5.74) is -0.311. The third-order valence-corrected chi connectivity index (χ3v) is 3.09. The van der Waals surface area contributed by atoms with Crippen LogP contribution in [0.5, 0.6) is 0 Å². The van der Waals surface area contributed by atoms with Gasteiger partial charge in [-0.1, -0.05) is 28.1 Å². The predicted octanol–water partition coefficient (Wildman–Crippen LogP) is 4.80. The van der Waals surface area contributed by atoms with E-state index in [-0.39, 0.29) is 16.6 Å². The third kappa shape index (κ3) is 3.12. The van der Waals surface area contributed by atoms with Crippen LogP contribution in [0.3, 0.4) is 0 Å². The summed E-state index contributed by atoms with van der Waals surface area (Å²) in [7, 11) is 0. The molecule has 2 aromatic rings. The summed E-state index contributed by atoms with van der Waals surface area (Å²) >= 11 is 2.97. The van der Waals surface area contributed by atoms with E-state index in [2.05, 4.69) is 20.9 Å². The number of halogens is 5. The average Bonchev–Trinajstić information content (AvgIpc) is 2.37. The van der Waals surface area contributed by atoms with Crippen molar-refractivity contribution < 1.29 is 17.6 Å². The fourth-order valence-electron chi connectivity index (χ4n) is 1.67. The zero-order valence-corrected chi connectivity index (χ0v) is 11.1. The van der Waals surface area contributed by atoms with Gasteiger partial charge in [-0.15, -0.1) is 0 Å². The lowest BCUT2D eigenvalue weighted by atomic mass is 10.0. The largest absolute Gasteiger partial charge is 0.418 e. The second kappa shape index (κ2) is 5.28. The number of pyridine rings is 1. The zero-order valence-electron chi connectivity index (χ0n) is 9.51. The van der Waals surface area contributed by atoms with Crippen LogP contribution < -0.4 is 0 Å². The Labute approximate surface area is 115 Å². The summed E-state index contributed by atoms with van der Waals surface area (Å²) < 4.78 is 51.7. The molecule has 0 atom stereocenters. The summed E-state index contributed by atoms with van der Waals surface area (Å²) in [6, 6.07) is 6.36. The minimum Gasteiger partial charge on any atom is -0.259 e. The van der Waals surface area contributed by atoms with E-state index in [0.717, 1.165) is 6.07 Å². The molecule has 2 rings (SSSR count). The molecule has 1 nitrogen and oxygen atoms in total. The summed E-state index contributed by atoms with van der Waals surface area (Å²) in [5, 5.41) is 0.00523. The normalized spacial score (nSPS) is 11.6. The molecule has 0 aliphatic heterocycles. The molecule has 1 heterocycles. The van der Waals surface area contributed by atoms with Crippen molar-refractivity contribution in [3.05, 3.63) is 53.6 Å². The quantitative estimate of drug-likeness (QED) is 0.568. The van der Waals surface area contributed by atoms with Crippen molar-refractivity contribution in [3.8, 4) is 11.1 Å². The summed E-state index contributed by atoms with van der Waals surface area (Å²) in [6.45, 7) is 0. The molecular formula is C13H8BrF4N. The maximum absolute atomic E-state index is 13.1. The second-order valence-corrected chi connectivity index (χ2v) is 4.42. The van der Waals surface area contributed by atoms with Crippen LogP contribution in [-0.2, 0) is 11.5 Å². The van der Waals surface area contributed by atoms with Gasteiger partial charge in [-0.05, 0) is 23.8 Å². The first-order chi connectivity index (χ1) is 8.91.